The molecule has 0 aliphatic carbocycles. The maximum atomic E-state index is 13.6. The molecular formula is C11H15FN2O3S. The van der Waals surface area contributed by atoms with Crippen molar-refractivity contribution in [1.82, 2.24) is 5.32 Å². The van der Waals surface area contributed by atoms with Crippen LogP contribution >= 0.6 is 0 Å². The molecule has 0 fully saturated rings. The average molecular weight is 274 g/mol. The summed E-state index contributed by atoms with van der Waals surface area (Å²) in [6, 6.07) is 2.95. The molecule has 0 radical (unpaired) electrons. The van der Waals surface area contributed by atoms with E-state index in [9.17, 15) is 17.6 Å². The molecule has 0 atom stereocenters. The van der Waals surface area contributed by atoms with Gasteiger partial charge in [0.15, 0.2) is 0 Å². The van der Waals surface area contributed by atoms with Gasteiger partial charge in [0.05, 0.1) is 10.5 Å². The van der Waals surface area contributed by atoms with Crippen molar-refractivity contribution >= 4 is 15.9 Å². The lowest BCUT2D eigenvalue weighted by molar-refractivity contribution is 0.0949. The fraction of sp³-hybridized carbons (Fsp3) is 0.364. The molecule has 1 rings (SSSR count). The molecule has 7 heteroatoms. The fourth-order valence-corrected chi connectivity index (χ4v) is 1.86. The molecule has 100 valence electrons. The van der Waals surface area contributed by atoms with E-state index < -0.39 is 21.7 Å². The number of hydrogen-bond donors (Lipinski definition) is 2. The maximum Gasteiger partial charge on any atom is 0.254 e. The van der Waals surface area contributed by atoms with Gasteiger partial charge in [0.2, 0.25) is 10.0 Å². The minimum absolute atomic E-state index is 0.196. The predicted octanol–water partition coefficient (Wildman–Crippen LogP) is 1.00. The maximum absolute atomic E-state index is 13.6. The number of unbranched alkanes of at least 4 members (excludes halogenated alkanes) is 1. The smallest absolute Gasteiger partial charge is 0.254 e. The van der Waals surface area contributed by atoms with Crippen LogP contribution < -0.4 is 10.5 Å². The number of sulfonamides is 1. The zero-order chi connectivity index (χ0) is 13.8. The molecule has 18 heavy (non-hydrogen) atoms. The normalized spacial score (nSPS) is 11.3. The Balaban J connectivity index is 2.89. The lowest BCUT2D eigenvalue weighted by Crippen LogP contribution is -2.25. The van der Waals surface area contributed by atoms with E-state index in [4.69, 9.17) is 5.14 Å². The Kier molecular flexibility index (Phi) is 4.80. The Morgan fingerprint density at radius 2 is 2.11 bits per heavy atom. The zero-order valence-corrected chi connectivity index (χ0v) is 10.8. The van der Waals surface area contributed by atoms with Crippen LogP contribution in [0, 0.1) is 5.82 Å². The summed E-state index contributed by atoms with van der Waals surface area (Å²) in [5.41, 5.74) is -0.196. The molecule has 0 heterocycles. The van der Waals surface area contributed by atoms with Gasteiger partial charge in [0.25, 0.3) is 5.91 Å². The summed E-state index contributed by atoms with van der Waals surface area (Å²) >= 11 is 0. The summed E-state index contributed by atoms with van der Waals surface area (Å²) in [5, 5.41) is 7.39. The van der Waals surface area contributed by atoms with E-state index in [1.54, 1.807) is 0 Å². The van der Waals surface area contributed by atoms with Crippen LogP contribution in [0.15, 0.2) is 23.1 Å². The van der Waals surface area contributed by atoms with Crippen molar-refractivity contribution in [3.05, 3.63) is 29.6 Å². The molecule has 0 unspecified atom stereocenters. The van der Waals surface area contributed by atoms with Crippen molar-refractivity contribution in [2.75, 3.05) is 6.54 Å². The van der Waals surface area contributed by atoms with Crippen LogP contribution in [0.25, 0.3) is 0 Å². The topological polar surface area (TPSA) is 89.3 Å². The molecule has 0 aromatic heterocycles. The van der Waals surface area contributed by atoms with Crippen LogP contribution in [-0.4, -0.2) is 20.9 Å². The highest BCUT2D eigenvalue weighted by Crippen LogP contribution is 2.13. The van der Waals surface area contributed by atoms with Gasteiger partial charge < -0.3 is 5.32 Å². The summed E-state index contributed by atoms with van der Waals surface area (Å²) in [6.45, 7) is 2.42. The van der Waals surface area contributed by atoms with Gasteiger partial charge in [0, 0.05) is 6.54 Å². The van der Waals surface area contributed by atoms with Gasteiger partial charge in [-0.1, -0.05) is 13.3 Å². The zero-order valence-electron chi connectivity index (χ0n) is 9.94. The highest BCUT2D eigenvalue weighted by atomic mass is 32.2. The minimum Gasteiger partial charge on any atom is -0.352 e. The lowest BCUT2D eigenvalue weighted by atomic mass is 10.2. The second kappa shape index (κ2) is 5.92. The van der Waals surface area contributed by atoms with E-state index in [2.05, 4.69) is 5.32 Å². The van der Waals surface area contributed by atoms with E-state index in [0.717, 1.165) is 31.0 Å². The van der Waals surface area contributed by atoms with E-state index in [0.29, 0.717) is 6.54 Å². The molecular weight excluding hydrogens is 259 g/mol. The standard InChI is InChI=1S/C11H15FN2O3S/c1-2-3-6-14-11(15)9-5-4-8(7-10(9)12)18(13,16)17/h4-5,7H,2-3,6H2,1H3,(H,14,15)(H2,13,16,17). The van der Waals surface area contributed by atoms with Crippen LogP contribution in [0.2, 0.25) is 0 Å². The largest absolute Gasteiger partial charge is 0.352 e. The van der Waals surface area contributed by atoms with E-state index in [1.165, 1.54) is 0 Å². The number of benzene rings is 1. The first-order chi connectivity index (χ1) is 8.36. The van der Waals surface area contributed by atoms with Crippen molar-refractivity contribution in [3.63, 3.8) is 0 Å². The van der Waals surface area contributed by atoms with Gasteiger partial charge in [0.1, 0.15) is 5.82 Å². The second-order valence-electron chi connectivity index (χ2n) is 3.80. The molecule has 0 spiro atoms. The van der Waals surface area contributed by atoms with Crippen LogP contribution in [0.4, 0.5) is 4.39 Å². The summed E-state index contributed by atoms with van der Waals surface area (Å²) < 4.78 is 35.5. The van der Waals surface area contributed by atoms with Gasteiger partial charge in [-0.2, -0.15) is 0 Å². The number of nitrogens with two attached hydrogens (primary N) is 1. The molecule has 0 bridgehead atoms. The van der Waals surface area contributed by atoms with E-state index in [-0.39, 0.29) is 10.5 Å². The van der Waals surface area contributed by atoms with Crippen molar-refractivity contribution in [1.29, 1.82) is 0 Å². The number of carbonyl (C=O) groups is 1. The number of primary sulfonamides is 1. The third kappa shape index (κ3) is 3.78. The third-order valence-corrected chi connectivity index (χ3v) is 3.24. The first kappa shape index (κ1) is 14.6. The molecule has 5 nitrogen and oxygen atoms in total. The van der Waals surface area contributed by atoms with Gasteiger partial charge >= 0.3 is 0 Å². The van der Waals surface area contributed by atoms with Gasteiger partial charge in [-0.25, -0.2) is 17.9 Å². The minimum atomic E-state index is -3.96. The average Bonchev–Trinajstić information content (AvgIpc) is 2.27. The molecule has 1 aromatic rings. The molecule has 3 N–H and O–H groups in total. The number of rotatable bonds is 5. The fourth-order valence-electron chi connectivity index (χ4n) is 1.33. The van der Waals surface area contributed by atoms with Crippen molar-refractivity contribution in [2.24, 2.45) is 5.14 Å². The van der Waals surface area contributed by atoms with Gasteiger partial charge in [-0.15, -0.1) is 0 Å². The van der Waals surface area contributed by atoms with Crippen LogP contribution in [0.3, 0.4) is 0 Å². The first-order valence-corrected chi connectivity index (χ1v) is 7.01. The quantitative estimate of drug-likeness (QED) is 0.785. The number of hydrogen-bond acceptors (Lipinski definition) is 3. The highest BCUT2D eigenvalue weighted by Gasteiger charge is 2.15. The molecule has 1 aromatic carbocycles. The van der Waals surface area contributed by atoms with Gasteiger partial charge in [-0.3, -0.25) is 4.79 Å². The van der Waals surface area contributed by atoms with Crippen molar-refractivity contribution in [3.8, 4) is 0 Å². The van der Waals surface area contributed by atoms with Crippen LogP contribution in [0.1, 0.15) is 30.1 Å². The third-order valence-electron chi connectivity index (χ3n) is 2.33. The Bertz CT molecular complexity index is 543. The molecule has 0 aliphatic heterocycles. The number of carbonyl (C=O) groups excluding carboxylic acids is 1. The van der Waals surface area contributed by atoms with Gasteiger partial charge in [-0.05, 0) is 24.6 Å². The number of amides is 1. The summed E-state index contributed by atoms with van der Waals surface area (Å²) in [4.78, 5) is 11.2. The molecule has 0 saturated carbocycles. The lowest BCUT2D eigenvalue weighted by Gasteiger charge is -2.06. The number of halogens is 1. The second-order valence-corrected chi connectivity index (χ2v) is 5.36. The van der Waals surface area contributed by atoms with Crippen molar-refractivity contribution in [2.45, 2.75) is 24.7 Å². The monoisotopic (exact) mass is 274 g/mol. The Morgan fingerprint density at radius 1 is 1.44 bits per heavy atom. The summed E-state index contributed by atoms with van der Waals surface area (Å²) in [7, 11) is -3.96. The SMILES string of the molecule is CCCCNC(=O)c1ccc(S(N)(=O)=O)cc1F. The molecule has 0 aliphatic rings. The Morgan fingerprint density at radius 3 is 2.61 bits per heavy atom. The van der Waals surface area contributed by atoms with E-state index >= 15 is 0 Å². The van der Waals surface area contributed by atoms with Crippen LogP contribution in [0.5, 0.6) is 0 Å². The van der Waals surface area contributed by atoms with E-state index in [1.807, 2.05) is 6.92 Å². The number of nitrogens with one attached hydrogen (secondary N) is 1. The molecule has 1 amide bonds. The van der Waals surface area contributed by atoms with Crippen LogP contribution in [-0.2, 0) is 10.0 Å². The summed E-state index contributed by atoms with van der Waals surface area (Å²) in [6.07, 6.45) is 1.70. The Labute approximate surface area is 105 Å². The molecule has 0 saturated heterocycles. The summed E-state index contributed by atoms with van der Waals surface area (Å²) in [5.74, 6) is -1.47. The van der Waals surface area contributed by atoms with Crippen molar-refractivity contribution < 1.29 is 17.6 Å². The Hall–Kier alpha value is -1.47. The first-order valence-electron chi connectivity index (χ1n) is 5.46. The predicted molar refractivity (Wildman–Crippen MR) is 65.0 cm³/mol. The highest BCUT2D eigenvalue weighted by molar-refractivity contribution is 7.89.